The van der Waals surface area contributed by atoms with Crippen molar-refractivity contribution in [1.82, 2.24) is 0 Å². The summed E-state index contributed by atoms with van der Waals surface area (Å²) in [7, 11) is 0. The highest BCUT2D eigenvalue weighted by molar-refractivity contribution is 9.10. The lowest BCUT2D eigenvalue weighted by Crippen LogP contribution is -2.25. The van der Waals surface area contributed by atoms with E-state index in [9.17, 15) is 18.0 Å². The summed E-state index contributed by atoms with van der Waals surface area (Å²) in [5.74, 6) is -0.512. The van der Waals surface area contributed by atoms with Crippen molar-refractivity contribution in [2.75, 3.05) is 5.32 Å². The van der Waals surface area contributed by atoms with Crippen molar-refractivity contribution >= 4 is 45.2 Å². The molecule has 0 aliphatic carbocycles. The number of carbonyl (C=O) groups is 1. The van der Waals surface area contributed by atoms with Gasteiger partial charge in [-0.05, 0) is 28.1 Å². The van der Waals surface area contributed by atoms with Gasteiger partial charge in [0.2, 0.25) is 0 Å². The minimum atomic E-state index is -4.66. The summed E-state index contributed by atoms with van der Waals surface area (Å²) in [6, 6.07) is 0.868. The van der Waals surface area contributed by atoms with E-state index in [0.29, 0.717) is 6.07 Å². The standard InChI is InChI=1S/C9H7BrClF3N4O/c10-5-2-3(17-8(19)18-7(15)16)1-4(6(5)11)9(12,13)14/h1-2H,(H5,15,16,17,18,19). The molecule has 0 aliphatic rings. The predicted molar refractivity (Wildman–Crippen MR) is 69.0 cm³/mol. The van der Waals surface area contributed by atoms with Gasteiger partial charge in [0.05, 0.1) is 10.6 Å². The van der Waals surface area contributed by atoms with Gasteiger partial charge in [-0.25, -0.2) is 4.79 Å². The van der Waals surface area contributed by atoms with Crippen LogP contribution in [-0.4, -0.2) is 12.0 Å². The zero-order chi connectivity index (χ0) is 14.8. The van der Waals surface area contributed by atoms with Gasteiger partial charge in [0, 0.05) is 10.2 Å². The van der Waals surface area contributed by atoms with Crippen molar-refractivity contribution in [1.29, 1.82) is 0 Å². The highest BCUT2D eigenvalue weighted by Crippen LogP contribution is 2.40. The maximum Gasteiger partial charge on any atom is 0.417 e. The molecule has 1 aromatic carbocycles. The normalized spacial score (nSPS) is 11.0. The summed E-state index contributed by atoms with van der Waals surface area (Å²) < 4.78 is 38.0. The fourth-order valence-electron chi connectivity index (χ4n) is 1.14. The van der Waals surface area contributed by atoms with Crippen molar-refractivity contribution in [2.24, 2.45) is 16.5 Å². The number of nitrogens with one attached hydrogen (secondary N) is 1. The molecule has 0 saturated carbocycles. The lowest BCUT2D eigenvalue weighted by atomic mass is 10.2. The third kappa shape index (κ3) is 4.28. The molecule has 0 atom stereocenters. The Labute approximate surface area is 118 Å². The molecule has 5 nitrogen and oxygen atoms in total. The number of guanidine groups is 1. The average molecular weight is 360 g/mol. The van der Waals surface area contributed by atoms with E-state index in [1.807, 2.05) is 0 Å². The molecular weight excluding hydrogens is 352 g/mol. The van der Waals surface area contributed by atoms with E-state index in [1.54, 1.807) is 0 Å². The van der Waals surface area contributed by atoms with E-state index in [2.05, 4.69) is 26.2 Å². The predicted octanol–water partition coefficient (Wildman–Crippen LogP) is 2.93. The third-order valence-electron chi connectivity index (χ3n) is 1.82. The van der Waals surface area contributed by atoms with Crippen LogP contribution in [0.4, 0.5) is 23.7 Å². The Morgan fingerprint density at radius 3 is 2.42 bits per heavy atom. The van der Waals surface area contributed by atoms with Gasteiger partial charge >= 0.3 is 12.2 Å². The number of amides is 2. The van der Waals surface area contributed by atoms with Crippen molar-refractivity contribution < 1.29 is 18.0 Å². The highest BCUT2D eigenvalue weighted by Gasteiger charge is 2.34. The van der Waals surface area contributed by atoms with E-state index in [4.69, 9.17) is 23.1 Å². The monoisotopic (exact) mass is 358 g/mol. The number of anilines is 1. The van der Waals surface area contributed by atoms with Crippen LogP contribution in [-0.2, 0) is 6.18 Å². The number of carbonyl (C=O) groups excluding carboxylic acids is 1. The Hall–Kier alpha value is -1.48. The van der Waals surface area contributed by atoms with Crippen molar-refractivity contribution in [3.05, 3.63) is 27.2 Å². The molecule has 10 heteroatoms. The zero-order valence-electron chi connectivity index (χ0n) is 9.05. The van der Waals surface area contributed by atoms with Gasteiger partial charge < -0.3 is 16.8 Å². The minimum Gasteiger partial charge on any atom is -0.370 e. The first-order valence-corrected chi connectivity index (χ1v) is 5.75. The molecule has 1 rings (SSSR count). The van der Waals surface area contributed by atoms with Crippen LogP contribution in [0.1, 0.15) is 5.56 Å². The topological polar surface area (TPSA) is 93.5 Å². The molecule has 0 aromatic heterocycles. The Morgan fingerprint density at radius 1 is 1.37 bits per heavy atom. The Bertz CT molecular complexity index is 543. The fourth-order valence-corrected chi connectivity index (χ4v) is 1.81. The van der Waals surface area contributed by atoms with Gasteiger partial charge in [-0.3, -0.25) is 0 Å². The van der Waals surface area contributed by atoms with Crippen LogP contribution in [0.3, 0.4) is 0 Å². The molecule has 0 fully saturated rings. The van der Waals surface area contributed by atoms with E-state index < -0.39 is 28.8 Å². The quantitative estimate of drug-likeness (QED) is 0.531. The van der Waals surface area contributed by atoms with Crippen LogP contribution in [0, 0.1) is 0 Å². The van der Waals surface area contributed by atoms with Gasteiger partial charge in [0.25, 0.3) is 0 Å². The first-order chi connectivity index (χ1) is 8.61. The summed E-state index contributed by atoms with van der Waals surface area (Å²) in [6.45, 7) is 0. The van der Waals surface area contributed by atoms with Gasteiger partial charge in [0.15, 0.2) is 5.96 Å². The molecule has 0 unspecified atom stereocenters. The maximum atomic E-state index is 12.7. The second-order valence-corrected chi connectivity index (χ2v) is 4.52. The van der Waals surface area contributed by atoms with E-state index in [0.717, 1.165) is 0 Å². The number of hydrogen-bond acceptors (Lipinski definition) is 1. The molecular formula is C9H7BrClF3N4O. The summed E-state index contributed by atoms with van der Waals surface area (Å²) in [4.78, 5) is 14.3. The number of rotatable bonds is 1. The average Bonchev–Trinajstić information content (AvgIpc) is 2.20. The number of hydrogen-bond donors (Lipinski definition) is 3. The molecule has 104 valence electrons. The number of urea groups is 1. The van der Waals surface area contributed by atoms with Crippen LogP contribution in [0.2, 0.25) is 5.02 Å². The second-order valence-electron chi connectivity index (χ2n) is 3.28. The van der Waals surface area contributed by atoms with Crippen LogP contribution in [0.5, 0.6) is 0 Å². The van der Waals surface area contributed by atoms with Crippen molar-refractivity contribution in [3.63, 3.8) is 0 Å². The summed E-state index contributed by atoms with van der Waals surface area (Å²) in [5, 5.41) is 1.57. The minimum absolute atomic E-state index is 0.0241. The van der Waals surface area contributed by atoms with Crippen molar-refractivity contribution in [2.45, 2.75) is 6.18 Å². The number of halogens is 5. The van der Waals surface area contributed by atoms with Crippen LogP contribution >= 0.6 is 27.5 Å². The van der Waals surface area contributed by atoms with E-state index >= 15 is 0 Å². The molecule has 0 bridgehead atoms. The highest BCUT2D eigenvalue weighted by atomic mass is 79.9. The smallest absolute Gasteiger partial charge is 0.370 e. The number of alkyl halides is 3. The third-order valence-corrected chi connectivity index (χ3v) is 3.08. The molecule has 0 aliphatic heterocycles. The van der Waals surface area contributed by atoms with Crippen LogP contribution in [0.25, 0.3) is 0 Å². The summed E-state index contributed by atoms with van der Waals surface area (Å²) >= 11 is 8.39. The Morgan fingerprint density at radius 2 is 1.95 bits per heavy atom. The molecule has 0 spiro atoms. The van der Waals surface area contributed by atoms with Gasteiger partial charge in [-0.15, -0.1) is 0 Å². The molecule has 1 aromatic rings. The molecule has 19 heavy (non-hydrogen) atoms. The van der Waals surface area contributed by atoms with E-state index in [1.165, 1.54) is 6.07 Å². The molecule has 0 radical (unpaired) electrons. The lowest BCUT2D eigenvalue weighted by molar-refractivity contribution is -0.137. The summed E-state index contributed by atoms with van der Waals surface area (Å²) in [5.41, 5.74) is 8.67. The number of benzene rings is 1. The molecule has 2 amide bonds. The number of nitrogens with two attached hydrogens (primary N) is 2. The lowest BCUT2D eigenvalue weighted by Gasteiger charge is -2.12. The largest absolute Gasteiger partial charge is 0.417 e. The summed E-state index contributed by atoms with van der Waals surface area (Å²) in [6.07, 6.45) is -4.66. The van der Waals surface area contributed by atoms with Crippen LogP contribution in [0.15, 0.2) is 21.6 Å². The first kappa shape index (κ1) is 15.6. The zero-order valence-corrected chi connectivity index (χ0v) is 11.4. The van der Waals surface area contributed by atoms with Gasteiger partial charge in [-0.1, -0.05) is 11.6 Å². The fraction of sp³-hybridized carbons (Fsp3) is 0.111. The maximum absolute atomic E-state index is 12.7. The molecule has 5 N–H and O–H groups in total. The van der Waals surface area contributed by atoms with Gasteiger partial charge in [0.1, 0.15) is 0 Å². The Kier molecular flexibility index (Phi) is 4.64. The number of nitrogens with zero attached hydrogens (tertiary/aromatic N) is 1. The van der Waals surface area contributed by atoms with Crippen LogP contribution < -0.4 is 16.8 Å². The molecule has 0 heterocycles. The first-order valence-electron chi connectivity index (χ1n) is 4.58. The van der Waals surface area contributed by atoms with Gasteiger partial charge in [-0.2, -0.15) is 18.2 Å². The van der Waals surface area contributed by atoms with E-state index in [-0.39, 0.29) is 10.2 Å². The SMILES string of the molecule is NC(N)=NC(=O)Nc1cc(Br)c(Cl)c(C(F)(F)F)c1. The molecule has 0 saturated heterocycles. The second kappa shape index (κ2) is 5.66. The number of aliphatic imine (C=N–C) groups is 1. The van der Waals surface area contributed by atoms with Crippen molar-refractivity contribution in [3.8, 4) is 0 Å². The Balaban J connectivity index is 3.15.